The summed E-state index contributed by atoms with van der Waals surface area (Å²) in [5.74, 6) is 0.334. The standard InChI is InChI=1S/C17H15N7O/c1-11-14(16(25)23-12-5-4-7-18-9-12)15(13-6-2-3-8-19-13)24-17(22-11)20-10-21-24/h2-10,15H,1H3,(H,23,25)(H,20,21,22)/t15-/m1/s1. The van der Waals surface area contributed by atoms with Gasteiger partial charge in [0, 0.05) is 18.1 Å². The third kappa shape index (κ3) is 2.74. The number of rotatable bonds is 3. The Hall–Kier alpha value is -3.55. The Morgan fingerprint density at radius 2 is 2.12 bits per heavy atom. The molecule has 8 nitrogen and oxygen atoms in total. The number of allylic oxidation sites excluding steroid dienone is 1. The van der Waals surface area contributed by atoms with Crippen molar-refractivity contribution in [1.82, 2.24) is 24.7 Å². The highest BCUT2D eigenvalue weighted by molar-refractivity contribution is 6.05. The summed E-state index contributed by atoms with van der Waals surface area (Å²) in [6.07, 6.45) is 6.40. The van der Waals surface area contributed by atoms with Gasteiger partial charge in [-0.2, -0.15) is 10.1 Å². The topological polar surface area (TPSA) is 97.6 Å². The Balaban J connectivity index is 1.77. The Morgan fingerprint density at radius 1 is 1.20 bits per heavy atom. The van der Waals surface area contributed by atoms with Gasteiger partial charge in [-0.15, -0.1) is 0 Å². The van der Waals surface area contributed by atoms with Crippen molar-refractivity contribution in [3.8, 4) is 0 Å². The number of carbonyl (C=O) groups excluding carboxylic acids is 1. The number of anilines is 2. The molecule has 8 heteroatoms. The van der Waals surface area contributed by atoms with Crippen LogP contribution in [0.25, 0.3) is 0 Å². The maximum absolute atomic E-state index is 13.0. The van der Waals surface area contributed by atoms with Gasteiger partial charge >= 0.3 is 0 Å². The molecule has 124 valence electrons. The number of pyridine rings is 2. The Bertz CT molecular complexity index is 934. The summed E-state index contributed by atoms with van der Waals surface area (Å²) in [4.78, 5) is 25.6. The van der Waals surface area contributed by atoms with Gasteiger partial charge in [-0.1, -0.05) is 6.07 Å². The monoisotopic (exact) mass is 333 g/mol. The zero-order valence-corrected chi connectivity index (χ0v) is 13.4. The molecule has 1 atom stereocenters. The second-order valence-electron chi connectivity index (χ2n) is 5.54. The van der Waals surface area contributed by atoms with Crippen molar-refractivity contribution in [3.05, 3.63) is 72.2 Å². The highest BCUT2D eigenvalue weighted by Gasteiger charge is 2.34. The number of hydrogen-bond acceptors (Lipinski definition) is 6. The Kier molecular flexibility index (Phi) is 3.70. The van der Waals surface area contributed by atoms with Crippen molar-refractivity contribution < 1.29 is 4.79 Å². The molecule has 1 aliphatic heterocycles. The van der Waals surface area contributed by atoms with E-state index in [2.05, 4.69) is 30.7 Å². The number of hydrogen-bond donors (Lipinski definition) is 2. The minimum atomic E-state index is -0.461. The molecule has 4 heterocycles. The quantitative estimate of drug-likeness (QED) is 0.761. The van der Waals surface area contributed by atoms with E-state index in [1.807, 2.05) is 25.1 Å². The van der Waals surface area contributed by atoms with E-state index in [0.717, 1.165) is 0 Å². The molecule has 0 radical (unpaired) electrons. The van der Waals surface area contributed by atoms with Crippen molar-refractivity contribution in [2.24, 2.45) is 0 Å². The van der Waals surface area contributed by atoms with Crippen molar-refractivity contribution in [2.45, 2.75) is 13.0 Å². The van der Waals surface area contributed by atoms with Crippen LogP contribution in [0.15, 0.2) is 66.5 Å². The smallest absolute Gasteiger partial charge is 0.255 e. The number of carbonyl (C=O) groups is 1. The van der Waals surface area contributed by atoms with Crippen molar-refractivity contribution in [2.75, 3.05) is 10.6 Å². The molecule has 3 aromatic heterocycles. The van der Waals surface area contributed by atoms with Crippen LogP contribution in [0.2, 0.25) is 0 Å². The molecular formula is C17H15N7O. The molecule has 2 N–H and O–H groups in total. The molecule has 0 spiro atoms. The largest absolute Gasteiger partial charge is 0.328 e. The fourth-order valence-corrected chi connectivity index (χ4v) is 2.83. The van der Waals surface area contributed by atoms with Crippen LogP contribution >= 0.6 is 0 Å². The summed E-state index contributed by atoms with van der Waals surface area (Å²) in [5.41, 5.74) is 2.57. The third-order valence-corrected chi connectivity index (χ3v) is 3.93. The zero-order valence-electron chi connectivity index (χ0n) is 13.4. The molecule has 1 amide bonds. The average Bonchev–Trinajstić information content (AvgIpc) is 3.10. The van der Waals surface area contributed by atoms with Crippen LogP contribution in [0, 0.1) is 0 Å². The highest BCUT2D eigenvalue weighted by atomic mass is 16.1. The van der Waals surface area contributed by atoms with Gasteiger partial charge in [0.05, 0.1) is 23.2 Å². The lowest BCUT2D eigenvalue weighted by Crippen LogP contribution is -2.32. The molecule has 0 bridgehead atoms. The summed E-state index contributed by atoms with van der Waals surface area (Å²) in [7, 11) is 0. The minimum Gasteiger partial charge on any atom is -0.328 e. The van der Waals surface area contributed by atoms with Crippen LogP contribution in [0.4, 0.5) is 11.6 Å². The van der Waals surface area contributed by atoms with Gasteiger partial charge in [-0.25, -0.2) is 4.68 Å². The van der Waals surface area contributed by atoms with Crippen LogP contribution in [0.3, 0.4) is 0 Å². The van der Waals surface area contributed by atoms with E-state index in [1.165, 1.54) is 6.33 Å². The van der Waals surface area contributed by atoms with Crippen molar-refractivity contribution >= 4 is 17.5 Å². The van der Waals surface area contributed by atoms with Gasteiger partial charge < -0.3 is 10.6 Å². The van der Waals surface area contributed by atoms with E-state index >= 15 is 0 Å². The first-order valence-corrected chi connectivity index (χ1v) is 7.73. The summed E-state index contributed by atoms with van der Waals surface area (Å²) in [5, 5.41) is 10.3. The van der Waals surface area contributed by atoms with E-state index in [-0.39, 0.29) is 5.91 Å². The normalized spacial score (nSPS) is 16.1. The minimum absolute atomic E-state index is 0.241. The van der Waals surface area contributed by atoms with Crippen LogP contribution in [0.1, 0.15) is 18.7 Å². The van der Waals surface area contributed by atoms with E-state index in [9.17, 15) is 4.79 Å². The molecule has 0 saturated heterocycles. The Labute approximate surface area is 143 Å². The van der Waals surface area contributed by atoms with Gasteiger partial charge in [-0.3, -0.25) is 14.8 Å². The van der Waals surface area contributed by atoms with Crippen LogP contribution in [0.5, 0.6) is 0 Å². The van der Waals surface area contributed by atoms with Crippen LogP contribution in [-0.4, -0.2) is 30.6 Å². The van der Waals surface area contributed by atoms with Gasteiger partial charge in [0.15, 0.2) is 0 Å². The first-order chi connectivity index (χ1) is 12.2. The zero-order chi connectivity index (χ0) is 17.2. The first kappa shape index (κ1) is 15.0. The summed E-state index contributed by atoms with van der Waals surface area (Å²) in [6.45, 7) is 1.84. The lowest BCUT2D eigenvalue weighted by molar-refractivity contribution is -0.113. The van der Waals surface area contributed by atoms with Gasteiger partial charge in [-0.05, 0) is 31.2 Å². The predicted octanol–water partition coefficient (Wildman–Crippen LogP) is 2.00. The fraction of sp³-hybridized carbons (Fsp3) is 0.118. The van der Waals surface area contributed by atoms with Crippen molar-refractivity contribution in [1.29, 1.82) is 0 Å². The van der Waals surface area contributed by atoms with Gasteiger partial charge in [0.1, 0.15) is 12.4 Å². The predicted molar refractivity (Wildman–Crippen MR) is 91.6 cm³/mol. The molecule has 4 rings (SSSR count). The van der Waals surface area contributed by atoms with E-state index in [4.69, 9.17) is 0 Å². The summed E-state index contributed by atoms with van der Waals surface area (Å²) >= 11 is 0. The molecule has 25 heavy (non-hydrogen) atoms. The lowest BCUT2D eigenvalue weighted by Gasteiger charge is -2.28. The highest BCUT2D eigenvalue weighted by Crippen LogP contribution is 2.33. The summed E-state index contributed by atoms with van der Waals surface area (Å²) in [6, 6.07) is 8.67. The maximum Gasteiger partial charge on any atom is 0.255 e. The number of nitrogens with one attached hydrogen (secondary N) is 2. The molecule has 0 saturated carbocycles. The molecular weight excluding hydrogens is 318 g/mol. The second-order valence-corrected chi connectivity index (χ2v) is 5.54. The number of nitrogens with zero attached hydrogens (tertiary/aromatic N) is 5. The van der Waals surface area contributed by atoms with E-state index in [1.54, 1.807) is 35.4 Å². The molecule has 0 fully saturated rings. The number of amides is 1. The first-order valence-electron chi connectivity index (χ1n) is 7.73. The van der Waals surface area contributed by atoms with Gasteiger partial charge in [0.2, 0.25) is 5.95 Å². The summed E-state index contributed by atoms with van der Waals surface area (Å²) < 4.78 is 1.66. The van der Waals surface area contributed by atoms with E-state index < -0.39 is 6.04 Å². The maximum atomic E-state index is 13.0. The third-order valence-electron chi connectivity index (χ3n) is 3.93. The lowest BCUT2D eigenvalue weighted by atomic mass is 9.98. The molecule has 1 aliphatic rings. The Morgan fingerprint density at radius 3 is 2.88 bits per heavy atom. The fourth-order valence-electron chi connectivity index (χ4n) is 2.83. The molecule has 0 aromatic carbocycles. The number of fused-ring (bicyclic) bond motifs is 1. The number of aromatic nitrogens is 5. The van der Waals surface area contributed by atoms with Crippen LogP contribution in [-0.2, 0) is 4.79 Å². The SMILES string of the molecule is CC1=C(C(=O)Nc2cccnc2)[C@@H](c2ccccn2)n2ncnc2N1. The average molecular weight is 333 g/mol. The van der Waals surface area contributed by atoms with E-state index in [0.29, 0.717) is 28.6 Å². The van der Waals surface area contributed by atoms with Gasteiger partial charge in [0.25, 0.3) is 5.91 Å². The molecule has 0 aliphatic carbocycles. The molecule has 0 unspecified atom stereocenters. The second kappa shape index (κ2) is 6.16. The van der Waals surface area contributed by atoms with Crippen LogP contribution < -0.4 is 10.6 Å². The molecule has 3 aromatic rings. The van der Waals surface area contributed by atoms with Crippen molar-refractivity contribution in [3.63, 3.8) is 0 Å².